The van der Waals surface area contributed by atoms with Gasteiger partial charge in [-0.05, 0) is 20.0 Å². The van der Waals surface area contributed by atoms with E-state index in [1.807, 2.05) is 12.3 Å². The number of hydrogen-bond donors (Lipinski definition) is 0. The number of fused-ring (bicyclic) bond motifs is 1. The first-order valence-corrected chi connectivity index (χ1v) is 8.91. The van der Waals surface area contributed by atoms with Crippen LogP contribution in [0.1, 0.15) is 30.0 Å². The maximum Gasteiger partial charge on any atom is 0.126 e. The molecule has 24 heavy (non-hydrogen) atoms. The molecule has 2 aliphatic heterocycles. The summed E-state index contributed by atoms with van der Waals surface area (Å²) >= 11 is 0. The third kappa shape index (κ3) is 3.14. The second-order valence-corrected chi connectivity index (χ2v) is 7.12. The van der Waals surface area contributed by atoms with Crippen LogP contribution in [0.25, 0.3) is 0 Å². The van der Waals surface area contributed by atoms with Crippen LogP contribution in [-0.2, 0) is 19.6 Å². The Hall–Kier alpha value is -1.63. The smallest absolute Gasteiger partial charge is 0.126 e. The van der Waals surface area contributed by atoms with Crippen molar-refractivity contribution in [3.8, 4) is 0 Å². The van der Waals surface area contributed by atoms with Crippen molar-refractivity contribution in [3.05, 3.63) is 41.9 Å². The first-order chi connectivity index (χ1) is 11.7. The Morgan fingerprint density at radius 2 is 1.96 bits per heavy atom. The number of likely N-dealkylation sites (N-methyl/N-ethyl adjacent to an activating group) is 1. The number of imidazole rings is 1. The number of furan rings is 1. The molecule has 2 aliphatic rings. The highest BCUT2D eigenvalue weighted by molar-refractivity contribution is 5.13. The molecule has 1 atom stereocenters. The van der Waals surface area contributed by atoms with Gasteiger partial charge in [-0.2, -0.15) is 0 Å². The third-order valence-corrected chi connectivity index (χ3v) is 5.45. The SMILES string of the molecule is C[C@@H]1c2ncc(CN3CCN(C)CC3)n2CCN1Cc1ccoc1. The summed E-state index contributed by atoms with van der Waals surface area (Å²) in [4.78, 5) is 12.2. The second kappa shape index (κ2) is 6.70. The molecule has 0 aliphatic carbocycles. The van der Waals surface area contributed by atoms with Crippen LogP contribution < -0.4 is 0 Å². The predicted molar refractivity (Wildman–Crippen MR) is 92.5 cm³/mol. The highest BCUT2D eigenvalue weighted by atomic mass is 16.3. The van der Waals surface area contributed by atoms with Crippen molar-refractivity contribution >= 4 is 0 Å². The first-order valence-electron chi connectivity index (χ1n) is 8.91. The molecular weight excluding hydrogens is 302 g/mol. The Morgan fingerprint density at radius 3 is 2.71 bits per heavy atom. The monoisotopic (exact) mass is 329 g/mol. The van der Waals surface area contributed by atoms with Gasteiger partial charge in [0, 0.05) is 64.1 Å². The van der Waals surface area contributed by atoms with Crippen LogP contribution >= 0.6 is 0 Å². The van der Waals surface area contributed by atoms with Crippen molar-refractivity contribution in [2.45, 2.75) is 32.6 Å². The minimum absolute atomic E-state index is 0.342. The van der Waals surface area contributed by atoms with Gasteiger partial charge in [0.15, 0.2) is 0 Å². The van der Waals surface area contributed by atoms with E-state index in [9.17, 15) is 0 Å². The summed E-state index contributed by atoms with van der Waals surface area (Å²) < 4.78 is 7.64. The number of aromatic nitrogens is 2. The summed E-state index contributed by atoms with van der Waals surface area (Å²) in [5.74, 6) is 1.20. The van der Waals surface area contributed by atoms with Gasteiger partial charge in [-0.25, -0.2) is 4.98 Å². The molecule has 2 aromatic rings. The van der Waals surface area contributed by atoms with Crippen LogP contribution in [0.2, 0.25) is 0 Å². The fourth-order valence-corrected chi connectivity index (χ4v) is 3.80. The highest BCUT2D eigenvalue weighted by Crippen LogP contribution is 2.27. The number of rotatable bonds is 4. The number of hydrogen-bond acceptors (Lipinski definition) is 5. The van der Waals surface area contributed by atoms with E-state index in [2.05, 4.69) is 39.4 Å². The van der Waals surface area contributed by atoms with E-state index in [4.69, 9.17) is 9.40 Å². The zero-order valence-electron chi connectivity index (χ0n) is 14.7. The molecule has 0 saturated carbocycles. The summed E-state index contributed by atoms with van der Waals surface area (Å²) in [5.41, 5.74) is 2.60. The van der Waals surface area contributed by atoms with Gasteiger partial charge in [-0.3, -0.25) is 9.80 Å². The minimum atomic E-state index is 0.342. The molecule has 1 fully saturated rings. The van der Waals surface area contributed by atoms with E-state index < -0.39 is 0 Å². The summed E-state index contributed by atoms with van der Waals surface area (Å²) in [5, 5.41) is 0. The van der Waals surface area contributed by atoms with Crippen molar-refractivity contribution in [1.29, 1.82) is 0 Å². The van der Waals surface area contributed by atoms with E-state index in [-0.39, 0.29) is 0 Å². The van der Waals surface area contributed by atoms with Gasteiger partial charge >= 0.3 is 0 Å². The van der Waals surface area contributed by atoms with Gasteiger partial charge in [0.05, 0.1) is 24.3 Å². The average Bonchev–Trinajstić information content (AvgIpc) is 3.23. The Kier molecular flexibility index (Phi) is 4.43. The normalized spacial score (nSPS) is 23.5. The molecule has 2 aromatic heterocycles. The molecule has 0 spiro atoms. The van der Waals surface area contributed by atoms with Gasteiger partial charge in [0.1, 0.15) is 5.82 Å². The zero-order valence-corrected chi connectivity index (χ0v) is 14.7. The van der Waals surface area contributed by atoms with Crippen LogP contribution in [0.3, 0.4) is 0 Å². The topological polar surface area (TPSA) is 40.7 Å². The maximum absolute atomic E-state index is 5.20. The molecule has 0 N–H and O–H groups in total. The molecule has 1 saturated heterocycles. The molecule has 0 unspecified atom stereocenters. The molecule has 0 amide bonds. The van der Waals surface area contributed by atoms with Gasteiger partial charge in [0.2, 0.25) is 0 Å². The fraction of sp³-hybridized carbons (Fsp3) is 0.611. The Balaban J connectivity index is 1.44. The summed E-state index contributed by atoms with van der Waals surface area (Å²) in [6.45, 7) is 10.9. The second-order valence-electron chi connectivity index (χ2n) is 7.12. The molecule has 6 heteroatoms. The molecule has 0 aromatic carbocycles. The largest absolute Gasteiger partial charge is 0.472 e. The molecule has 4 rings (SSSR count). The van der Waals surface area contributed by atoms with E-state index in [0.29, 0.717) is 6.04 Å². The Morgan fingerprint density at radius 1 is 1.12 bits per heavy atom. The van der Waals surface area contributed by atoms with Crippen molar-refractivity contribution in [2.75, 3.05) is 39.8 Å². The lowest BCUT2D eigenvalue weighted by molar-refractivity contribution is 0.136. The van der Waals surface area contributed by atoms with Crippen LogP contribution in [0.4, 0.5) is 0 Å². The van der Waals surface area contributed by atoms with Gasteiger partial charge in [0.25, 0.3) is 0 Å². The van der Waals surface area contributed by atoms with Crippen molar-refractivity contribution in [3.63, 3.8) is 0 Å². The quantitative estimate of drug-likeness (QED) is 0.855. The van der Waals surface area contributed by atoms with E-state index in [1.54, 1.807) is 6.26 Å². The molecule has 0 radical (unpaired) electrons. The molecular formula is C18H27N5O. The first kappa shape index (κ1) is 15.9. The number of nitrogens with zero attached hydrogens (tertiary/aromatic N) is 5. The lowest BCUT2D eigenvalue weighted by Crippen LogP contribution is -2.44. The van der Waals surface area contributed by atoms with Crippen LogP contribution in [0.5, 0.6) is 0 Å². The highest BCUT2D eigenvalue weighted by Gasteiger charge is 2.28. The van der Waals surface area contributed by atoms with E-state index in [1.165, 1.54) is 17.1 Å². The summed E-state index contributed by atoms with van der Waals surface area (Å²) in [6.07, 6.45) is 5.68. The molecule has 130 valence electrons. The van der Waals surface area contributed by atoms with Gasteiger partial charge in [-0.15, -0.1) is 0 Å². The lowest BCUT2D eigenvalue weighted by atomic mass is 10.2. The van der Waals surface area contributed by atoms with Crippen LogP contribution in [0, 0.1) is 0 Å². The van der Waals surface area contributed by atoms with Crippen LogP contribution in [-0.4, -0.2) is 64.0 Å². The average molecular weight is 329 g/mol. The van der Waals surface area contributed by atoms with Gasteiger partial charge < -0.3 is 13.9 Å². The molecule has 0 bridgehead atoms. The van der Waals surface area contributed by atoms with Crippen molar-refractivity contribution in [1.82, 2.24) is 24.3 Å². The van der Waals surface area contributed by atoms with Crippen molar-refractivity contribution in [2.24, 2.45) is 0 Å². The Bertz CT molecular complexity index is 657. The minimum Gasteiger partial charge on any atom is -0.472 e. The van der Waals surface area contributed by atoms with Gasteiger partial charge in [-0.1, -0.05) is 0 Å². The van der Waals surface area contributed by atoms with E-state index >= 15 is 0 Å². The predicted octanol–water partition coefficient (Wildman–Crippen LogP) is 1.80. The van der Waals surface area contributed by atoms with E-state index in [0.717, 1.165) is 52.4 Å². The lowest BCUT2D eigenvalue weighted by Gasteiger charge is -2.35. The third-order valence-electron chi connectivity index (χ3n) is 5.45. The molecule has 6 nitrogen and oxygen atoms in total. The van der Waals surface area contributed by atoms with Crippen molar-refractivity contribution < 1.29 is 4.42 Å². The zero-order chi connectivity index (χ0) is 16.5. The standard InChI is InChI=1S/C18H27N5O/c1-15-18-19-11-17(13-21-6-4-20(2)5-7-21)23(18)9-8-22(15)12-16-3-10-24-14-16/h3,10-11,14-15H,4-9,12-13H2,1-2H3/t15-/m1/s1. The molecule has 4 heterocycles. The number of piperazine rings is 1. The van der Waals surface area contributed by atoms with Crippen LogP contribution in [0.15, 0.2) is 29.2 Å². The summed E-state index contributed by atoms with van der Waals surface area (Å²) in [6, 6.07) is 2.39. The Labute approximate surface area is 143 Å². The maximum atomic E-state index is 5.20. The fourth-order valence-electron chi connectivity index (χ4n) is 3.80. The summed E-state index contributed by atoms with van der Waals surface area (Å²) in [7, 11) is 2.20.